The van der Waals surface area contributed by atoms with Crippen molar-refractivity contribution in [3.05, 3.63) is 65.5 Å². The normalized spacial score (nSPS) is 15.4. The second-order valence-electron chi connectivity index (χ2n) is 5.82. The number of aromatic nitrogens is 1. The molecule has 3 rings (SSSR count). The molecule has 0 bridgehead atoms. The Labute approximate surface area is 148 Å². The second kappa shape index (κ2) is 7.38. The summed E-state index contributed by atoms with van der Waals surface area (Å²) in [5, 5.41) is 7.73. The summed E-state index contributed by atoms with van der Waals surface area (Å²) in [6, 6.07) is 5.35. The molecule has 1 aliphatic heterocycles. The van der Waals surface area contributed by atoms with E-state index in [0.29, 0.717) is 5.56 Å². The lowest BCUT2D eigenvalue weighted by Gasteiger charge is -2.23. The number of hydrogen-bond acceptors (Lipinski definition) is 4. The van der Waals surface area contributed by atoms with E-state index in [9.17, 15) is 18.4 Å². The smallest absolute Gasteiger partial charge is 0.268 e. The van der Waals surface area contributed by atoms with Gasteiger partial charge in [0.05, 0.1) is 6.04 Å². The van der Waals surface area contributed by atoms with Gasteiger partial charge in [0.15, 0.2) is 0 Å². The van der Waals surface area contributed by atoms with Gasteiger partial charge < -0.3 is 5.32 Å². The minimum Gasteiger partial charge on any atom is -0.340 e. The van der Waals surface area contributed by atoms with E-state index in [1.165, 1.54) is 19.4 Å². The maximum atomic E-state index is 14.3. The van der Waals surface area contributed by atoms with Gasteiger partial charge in [0.2, 0.25) is 5.91 Å². The lowest BCUT2D eigenvalue weighted by molar-refractivity contribution is -0.130. The quantitative estimate of drug-likeness (QED) is 0.910. The number of carbonyl (C=O) groups is 2. The van der Waals surface area contributed by atoms with Crippen molar-refractivity contribution >= 4 is 17.5 Å². The van der Waals surface area contributed by atoms with Gasteiger partial charge in [-0.05, 0) is 35.9 Å². The fraction of sp³-hybridized carbons (Fsp3) is 0.222. The maximum Gasteiger partial charge on any atom is 0.268 e. The highest BCUT2D eigenvalue weighted by atomic mass is 19.1. The number of amides is 2. The molecule has 0 saturated carbocycles. The van der Waals surface area contributed by atoms with E-state index in [1.807, 2.05) is 0 Å². The highest BCUT2D eigenvalue weighted by Gasteiger charge is 2.26. The van der Waals surface area contributed by atoms with Gasteiger partial charge in [-0.2, -0.15) is 5.10 Å². The number of benzene rings is 1. The number of nitrogens with zero attached hydrogens (tertiary/aromatic N) is 3. The molecule has 0 radical (unpaired) electrons. The Morgan fingerprint density at radius 3 is 2.62 bits per heavy atom. The molecular weight excluding hydrogens is 342 g/mol. The molecule has 1 unspecified atom stereocenters. The third-order valence-corrected chi connectivity index (χ3v) is 4.05. The summed E-state index contributed by atoms with van der Waals surface area (Å²) in [5.74, 6) is -2.00. The molecule has 0 fully saturated rings. The van der Waals surface area contributed by atoms with Crippen molar-refractivity contribution in [2.24, 2.45) is 5.10 Å². The fourth-order valence-corrected chi connectivity index (χ4v) is 2.68. The molecule has 6 nitrogen and oxygen atoms in total. The van der Waals surface area contributed by atoms with Crippen LogP contribution in [0.25, 0.3) is 0 Å². The third-order valence-electron chi connectivity index (χ3n) is 4.05. The second-order valence-corrected chi connectivity index (χ2v) is 5.82. The molecule has 0 spiro atoms. The van der Waals surface area contributed by atoms with Crippen LogP contribution in [0.15, 0.2) is 47.8 Å². The number of hydrazone groups is 1. The zero-order valence-electron chi connectivity index (χ0n) is 13.9. The number of carbonyl (C=O) groups excluding carboxylic acids is 2. The molecule has 1 aliphatic rings. The molecule has 1 aromatic heterocycles. The molecule has 2 amide bonds. The molecular formula is C18H16F2N4O2. The first-order valence-corrected chi connectivity index (χ1v) is 7.95. The summed E-state index contributed by atoms with van der Waals surface area (Å²) in [6.07, 6.45) is 3.34. The maximum absolute atomic E-state index is 14.3. The van der Waals surface area contributed by atoms with E-state index in [-0.39, 0.29) is 30.0 Å². The first kappa shape index (κ1) is 17.7. The monoisotopic (exact) mass is 358 g/mol. The Balaban J connectivity index is 1.95. The van der Waals surface area contributed by atoms with Crippen molar-refractivity contribution in [3.8, 4) is 0 Å². The topological polar surface area (TPSA) is 74.7 Å². The van der Waals surface area contributed by atoms with Crippen molar-refractivity contribution in [1.82, 2.24) is 15.3 Å². The Morgan fingerprint density at radius 1 is 1.19 bits per heavy atom. The third kappa shape index (κ3) is 3.74. The summed E-state index contributed by atoms with van der Waals surface area (Å²) in [5.41, 5.74) is 0.687. The summed E-state index contributed by atoms with van der Waals surface area (Å²) in [7, 11) is 1.46. The first-order chi connectivity index (χ1) is 12.5. The molecule has 1 atom stereocenters. The molecule has 1 aromatic carbocycles. The Morgan fingerprint density at radius 2 is 1.92 bits per heavy atom. The van der Waals surface area contributed by atoms with Crippen LogP contribution in [0.3, 0.4) is 0 Å². The van der Waals surface area contributed by atoms with Crippen LogP contribution < -0.4 is 5.32 Å². The van der Waals surface area contributed by atoms with Crippen LogP contribution in [0.2, 0.25) is 0 Å². The largest absolute Gasteiger partial charge is 0.340 e. The van der Waals surface area contributed by atoms with Gasteiger partial charge in [-0.25, -0.2) is 13.8 Å². The van der Waals surface area contributed by atoms with E-state index in [1.54, 1.807) is 12.1 Å². The molecule has 2 aromatic rings. The molecule has 0 aliphatic carbocycles. The zero-order valence-corrected chi connectivity index (χ0v) is 13.9. The van der Waals surface area contributed by atoms with Gasteiger partial charge in [-0.3, -0.25) is 14.6 Å². The van der Waals surface area contributed by atoms with E-state index >= 15 is 0 Å². The summed E-state index contributed by atoms with van der Waals surface area (Å²) >= 11 is 0. The molecule has 26 heavy (non-hydrogen) atoms. The number of nitrogens with one attached hydrogen (secondary N) is 1. The van der Waals surface area contributed by atoms with Gasteiger partial charge in [-0.15, -0.1) is 0 Å². The van der Waals surface area contributed by atoms with Crippen LogP contribution in [0.1, 0.15) is 30.0 Å². The average Bonchev–Trinajstić information content (AvgIpc) is 2.64. The lowest BCUT2D eigenvalue weighted by Crippen LogP contribution is -2.39. The highest BCUT2D eigenvalue weighted by Crippen LogP contribution is 2.25. The SMILES string of the molecule is CN1N=C(C(=O)NC(c2ccncc2)c2cc(F)ccc2F)CCC1=O. The number of rotatable bonds is 4. The average molecular weight is 358 g/mol. The van der Waals surface area contributed by atoms with Crippen LogP contribution in [0.4, 0.5) is 8.78 Å². The number of hydrogen-bond donors (Lipinski definition) is 1. The number of halogens is 2. The van der Waals surface area contributed by atoms with Crippen molar-refractivity contribution < 1.29 is 18.4 Å². The van der Waals surface area contributed by atoms with E-state index in [4.69, 9.17) is 0 Å². The first-order valence-electron chi connectivity index (χ1n) is 7.95. The molecule has 1 N–H and O–H groups in total. The molecule has 134 valence electrons. The fourth-order valence-electron chi connectivity index (χ4n) is 2.68. The minimum absolute atomic E-state index is 0.00890. The predicted octanol–water partition coefficient (Wildman–Crippen LogP) is 2.17. The van der Waals surface area contributed by atoms with Gasteiger partial charge in [-0.1, -0.05) is 0 Å². The minimum atomic E-state index is -0.924. The van der Waals surface area contributed by atoms with Crippen LogP contribution in [0, 0.1) is 11.6 Å². The Kier molecular flexibility index (Phi) is 5.01. The predicted molar refractivity (Wildman–Crippen MR) is 90.0 cm³/mol. The van der Waals surface area contributed by atoms with Gasteiger partial charge in [0.1, 0.15) is 17.3 Å². The van der Waals surface area contributed by atoms with Crippen LogP contribution in [-0.4, -0.2) is 34.6 Å². The Bertz CT molecular complexity index is 871. The summed E-state index contributed by atoms with van der Waals surface area (Å²) in [4.78, 5) is 28.0. The summed E-state index contributed by atoms with van der Waals surface area (Å²) in [6.45, 7) is 0. The highest BCUT2D eigenvalue weighted by molar-refractivity contribution is 6.39. The van der Waals surface area contributed by atoms with Gasteiger partial charge in [0, 0.05) is 37.8 Å². The molecule has 0 saturated heterocycles. The lowest BCUT2D eigenvalue weighted by atomic mass is 9.98. The number of pyridine rings is 1. The van der Waals surface area contributed by atoms with E-state index < -0.39 is 23.6 Å². The molecule has 8 heteroatoms. The van der Waals surface area contributed by atoms with Crippen LogP contribution in [-0.2, 0) is 9.59 Å². The summed E-state index contributed by atoms with van der Waals surface area (Å²) < 4.78 is 27.9. The van der Waals surface area contributed by atoms with Gasteiger partial charge >= 0.3 is 0 Å². The van der Waals surface area contributed by atoms with Gasteiger partial charge in [0.25, 0.3) is 5.91 Å². The van der Waals surface area contributed by atoms with Crippen molar-refractivity contribution in [3.63, 3.8) is 0 Å². The Hall–Kier alpha value is -3.16. The van der Waals surface area contributed by atoms with Crippen molar-refractivity contribution in [2.75, 3.05) is 7.05 Å². The van der Waals surface area contributed by atoms with Crippen molar-refractivity contribution in [1.29, 1.82) is 0 Å². The van der Waals surface area contributed by atoms with E-state index in [0.717, 1.165) is 23.2 Å². The van der Waals surface area contributed by atoms with Crippen LogP contribution in [0.5, 0.6) is 0 Å². The van der Waals surface area contributed by atoms with Crippen molar-refractivity contribution in [2.45, 2.75) is 18.9 Å². The van der Waals surface area contributed by atoms with E-state index in [2.05, 4.69) is 15.4 Å². The standard InChI is InChI=1S/C18H16F2N4O2/c1-24-16(25)5-4-15(23-24)18(26)22-17(11-6-8-21-9-7-11)13-10-12(19)2-3-14(13)20/h2-3,6-10,17H,4-5H2,1H3,(H,22,26). The zero-order chi connectivity index (χ0) is 18.7. The molecule has 2 heterocycles. The van der Waals surface area contributed by atoms with Crippen LogP contribution >= 0.6 is 0 Å².